The first-order valence-electron chi connectivity index (χ1n) is 6.71. The predicted octanol–water partition coefficient (Wildman–Crippen LogP) is 2.84. The van der Waals surface area contributed by atoms with Crippen molar-refractivity contribution < 1.29 is 0 Å². The molecular weight excluding hydrogens is 260 g/mol. The first-order valence-corrected chi connectivity index (χ1v) is 8.92. The van der Waals surface area contributed by atoms with Crippen LogP contribution in [0.15, 0.2) is 24.5 Å². The summed E-state index contributed by atoms with van der Waals surface area (Å²) >= 11 is 4.24. The van der Waals surface area contributed by atoms with Crippen molar-refractivity contribution in [2.24, 2.45) is 0 Å². The molecule has 2 heterocycles. The highest BCUT2D eigenvalue weighted by molar-refractivity contribution is 8.06. The normalized spacial score (nSPS) is 21.7. The lowest BCUT2D eigenvalue weighted by Crippen LogP contribution is -2.43. The molecule has 1 aliphatic heterocycles. The van der Waals surface area contributed by atoms with Gasteiger partial charge in [0.25, 0.3) is 0 Å². The summed E-state index contributed by atoms with van der Waals surface area (Å²) in [6.07, 6.45) is 6.16. The number of hydrogen-bond donors (Lipinski definition) is 1. The van der Waals surface area contributed by atoms with Crippen LogP contribution in [-0.2, 0) is 6.42 Å². The van der Waals surface area contributed by atoms with Gasteiger partial charge in [0, 0.05) is 40.9 Å². The third-order valence-corrected chi connectivity index (χ3v) is 6.05. The summed E-state index contributed by atoms with van der Waals surface area (Å²) in [6.45, 7) is 3.35. The topological polar surface area (TPSA) is 24.9 Å². The fourth-order valence-electron chi connectivity index (χ4n) is 2.18. The average Bonchev–Trinajstić information content (AvgIpc) is 2.45. The molecule has 0 aromatic carbocycles. The minimum Gasteiger partial charge on any atom is -0.313 e. The Morgan fingerprint density at radius 3 is 3.11 bits per heavy atom. The predicted molar refractivity (Wildman–Crippen MR) is 83.6 cm³/mol. The zero-order valence-electron chi connectivity index (χ0n) is 11.0. The van der Waals surface area contributed by atoms with Crippen LogP contribution in [0.5, 0.6) is 0 Å². The van der Waals surface area contributed by atoms with Crippen LogP contribution in [0.3, 0.4) is 0 Å². The van der Waals surface area contributed by atoms with E-state index in [2.05, 4.69) is 46.8 Å². The van der Waals surface area contributed by atoms with Crippen LogP contribution in [0.25, 0.3) is 0 Å². The average molecular weight is 282 g/mol. The second kappa shape index (κ2) is 8.08. The molecule has 18 heavy (non-hydrogen) atoms. The molecule has 2 nitrogen and oxygen atoms in total. The lowest BCUT2D eigenvalue weighted by molar-refractivity contribution is 0.505. The Labute approximate surface area is 119 Å². The van der Waals surface area contributed by atoms with E-state index in [1.54, 1.807) is 0 Å². The highest BCUT2D eigenvalue weighted by Gasteiger charge is 2.24. The molecule has 1 saturated heterocycles. The van der Waals surface area contributed by atoms with Gasteiger partial charge in [0.1, 0.15) is 0 Å². The van der Waals surface area contributed by atoms with Crippen LogP contribution in [0.2, 0.25) is 0 Å². The number of hydrogen-bond acceptors (Lipinski definition) is 4. The lowest BCUT2D eigenvalue weighted by atomic mass is 10.1. The van der Waals surface area contributed by atoms with Gasteiger partial charge in [-0.25, -0.2) is 0 Å². The molecule has 1 N–H and O–H groups in total. The first-order chi connectivity index (χ1) is 8.90. The van der Waals surface area contributed by atoms with Gasteiger partial charge in [-0.15, -0.1) is 0 Å². The van der Waals surface area contributed by atoms with Gasteiger partial charge >= 0.3 is 0 Å². The zero-order chi connectivity index (χ0) is 12.6. The number of pyridine rings is 1. The summed E-state index contributed by atoms with van der Waals surface area (Å²) in [5, 5.41) is 4.47. The standard InChI is InChI=1S/C14H22N2S2/c1-2-5-16-13(14-11-17-7-8-18-14)9-12-4-3-6-15-10-12/h3-4,6,10,13-14,16H,2,5,7-9,11H2,1H3. The van der Waals surface area contributed by atoms with Crippen molar-refractivity contribution in [3.8, 4) is 0 Å². The third-order valence-electron chi connectivity index (χ3n) is 3.13. The number of aromatic nitrogens is 1. The molecular formula is C14H22N2S2. The maximum Gasteiger partial charge on any atom is 0.0300 e. The molecule has 1 fully saturated rings. The van der Waals surface area contributed by atoms with E-state index in [1.165, 1.54) is 29.2 Å². The van der Waals surface area contributed by atoms with Gasteiger partial charge in [-0.2, -0.15) is 23.5 Å². The molecule has 0 bridgehead atoms. The van der Waals surface area contributed by atoms with E-state index in [9.17, 15) is 0 Å². The number of thioether (sulfide) groups is 2. The molecule has 0 spiro atoms. The fourth-order valence-corrected chi connectivity index (χ4v) is 5.06. The van der Waals surface area contributed by atoms with Gasteiger partial charge in [0.2, 0.25) is 0 Å². The van der Waals surface area contributed by atoms with Gasteiger partial charge < -0.3 is 5.32 Å². The maximum absolute atomic E-state index is 4.22. The summed E-state index contributed by atoms with van der Waals surface area (Å²) in [6, 6.07) is 4.82. The van der Waals surface area contributed by atoms with E-state index in [0.29, 0.717) is 6.04 Å². The minimum atomic E-state index is 0.590. The van der Waals surface area contributed by atoms with Gasteiger partial charge in [-0.05, 0) is 31.0 Å². The Hall–Kier alpha value is -0.190. The van der Waals surface area contributed by atoms with Crippen LogP contribution in [0.4, 0.5) is 0 Å². The van der Waals surface area contributed by atoms with Crippen molar-refractivity contribution in [3.63, 3.8) is 0 Å². The van der Waals surface area contributed by atoms with Crippen molar-refractivity contribution in [3.05, 3.63) is 30.1 Å². The third kappa shape index (κ3) is 4.48. The summed E-state index contributed by atoms with van der Waals surface area (Å²) in [5.74, 6) is 3.90. The molecule has 2 unspecified atom stereocenters. The van der Waals surface area contributed by atoms with Gasteiger partial charge in [-0.1, -0.05) is 13.0 Å². The zero-order valence-corrected chi connectivity index (χ0v) is 12.6. The van der Waals surface area contributed by atoms with Crippen LogP contribution < -0.4 is 5.32 Å². The van der Waals surface area contributed by atoms with Crippen LogP contribution in [-0.4, -0.2) is 40.1 Å². The lowest BCUT2D eigenvalue weighted by Gasteiger charge is -2.30. The van der Waals surface area contributed by atoms with Crippen molar-refractivity contribution in [2.45, 2.75) is 31.1 Å². The smallest absolute Gasteiger partial charge is 0.0300 e. The highest BCUT2D eigenvalue weighted by Crippen LogP contribution is 2.27. The second-order valence-corrected chi connectivity index (χ2v) is 7.11. The minimum absolute atomic E-state index is 0.590. The largest absolute Gasteiger partial charge is 0.313 e. The van der Waals surface area contributed by atoms with Gasteiger partial charge in [0.05, 0.1) is 0 Å². The highest BCUT2D eigenvalue weighted by atomic mass is 32.2. The molecule has 2 rings (SSSR count). The number of rotatable bonds is 6. The SMILES string of the molecule is CCCNC(Cc1cccnc1)C1CSCCS1. The monoisotopic (exact) mass is 282 g/mol. The molecule has 0 saturated carbocycles. The van der Waals surface area contributed by atoms with Crippen molar-refractivity contribution in [1.82, 2.24) is 10.3 Å². The fraction of sp³-hybridized carbons (Fsp3) is 0.643. The first kappa shape index (κ1) is 14.2. The Balaban J connectivity index is 1.95. The molecule has 1 aromatic heterocycles. The van der Waals surface area contributed by atoms with Crippen molar-refractivity contribution in [1.29, 1.82) is 0 Å². The maximum atomic E-state index is 4.22. The number of nitrogens with zero attached hydrogens (tertiary/aromatic N) is 1. The van der Waals surface area contributed by atoms with E-state index in [0.717, 1.165) is 18.2 Å². The summed E-state index contributed by atoms with van der Waals surface area (Å²) in [4.78, 5) is 4.22. The van der Waals surface area contributed by atoms with Crippen molar-refractivity contribution in [2.75, 3.05) is 23.8 Å². The molecule has 4 heteroatoms. The molecule has 0 amide bonds. The Morgan fingerprint density at radius 1 is 1.50 bits per heavy atom. The Bertz CT molecular complexity index is 326. The van der Waals surface area contributed by atoms with E-state index >= 15 is 0 Å². The quantitative estimate of drug-likeness (QED) is 0.867. The van der Waals surface area contributed by atoms with Crippen LogP contribution in [0.1, 0.15) is 18.9 Å². The van der Waals surface area contributed by atoms with E-state index in [-0.39, 0.29) is 0 Å². The second-order valence-electron chi connectivity index (χ2n) is 4.61. The number of nitrogens with one attached hydrogen (secondary N) is 1. The molecule has 1 aliphatic rings. The summed E-state index contributed by atoms with van der Waals surface area (Å²) < 4.78 is 0. The van der Waals surface area contributed by atoms with E-state index in [4.69, 9.17) is 0 Å². The Morgan fingerprint density at radius 2 is 2.44 bits per heavy atom. The Kier molecular flexibility index (Phi) is 6.38. The molecule has 0 radical (unpaired) electrons. The van der Waals surface area contributed by atoms with Crippen LogP contribution in [0, 0.1) is 0 Å². The van der Waals surface area contributed by atoms with E-state index in [1.807, 2.05) is 18.5 Å². The van der Waals surface area contributed by atoms with Gasteiger partial charge in [-0.3, -0.25) is 4.98 Å². The van der Waals surface area contributed by atoms with Crippen LogP contribution >= 0.6 is 23.5 Å². The molecule has 100 valence electrons. The molecule has 0 aliphatic carbocycles. The van der Waals surface area contributed by atoms with E-state index < -0.39 is 0 Å². The molecule has 1 aromatic rings. The van der Waals surface area contributed by atoms with Gasteiger partial charge in [0.15, 0.2) is 0 Å². The summed E-state index contributed by atoms with van der Waals surface area (Å²) in [7, 11) is 0. The molecule has 2 atom stereocenters. The van der Waals surface area contributed by atoms with Crippen molar-refractivity contribution >= 4 is 23.5 Å². The summed E-state index contributed by atoms with van der Waals surface area (Å²) in [5.41, 5.74) is 1.35.